The summed E-state index contributed by atoms with van der Waals surface area (Å²) in [7, 11) is 1.55. The zero-order valence-electron chi connectivity index (χ0n) is 11.6. The molecule has 0 aliphatic carbocycles. The number of methoxy groups -OCH3 is 1. The molecule has 6 heteroatoms. The molecule has 0 saturated carbocycles. The summed E-state index contributed by atoms with van der Waals surface area (Å²) in [5.74, 6) is 1.87. The second kappa shape index (κ2) is 6.72. The first-order chi connectivity index (χ1) is 9.76. The van der Waals surface area contributed by atoms with Gasteiger partial charge in [0.2, 0.25) is 5.88 Å². The van der Waals surface area contributed by atoms with Gasteiger partial charge < -0.3 is 20.5 Å². The highest BCUT2D eigenvalue weighted by Crippen LogP contribution is 2.24. The van der Waals surface area contributed by atoms with Crippen molar-refractivity contribution in [2.24, 2.45) is 5.73 Å². The Balaban J connectivity index is 2.20. The number of nitrogens with one attached hydrogen (secondary N) is 1. The van der Waals surface area contributed by atoms with Gasteiger partial charge in [-0.15, -0.1) is 0 Å². The summed E-state index contributed by atoms with van der Waals surface area (Å²) >= 11 is 0. The van der Waals surface area contributed by atoms with Crippen LogP contribution >= 0.6 is 0 Å². The number of anilines is 2. The lowest BCUT2D eigenvalue weighted by Gasteiger charge is -2.12. The fraction of sp³-hybridized carbons (Fsp3) is 0.286. The van der Waals surface area contributed by atoms with Crippen molar-refractivity contribution in [3.05, 3.63) is 36.2 Å². The maximum atomic E-state index is 5.73. The molecule has 0 unspecified atom stereocenters. The lowest BCUT2D eigenvalue weighted by Crippen LogP contribution is -2.03. The predicted octanol–water partition coefficient (Wildman–Crippen LogP) is 2.09. The molecular formula is C14H18N4O2. The SMILES string of the molecule is CCOc1ccc(Nc2cncc(OC)n2)cc1CN. The monoisotopic (exact) mass is 274 g/mol. The summed E-state index contributed by atoms with van der Waals surface area (Å²) in [6, 6.07) is 5.74. The van der Waals surface area contributed by atoms with Crippen LogP contribution in [0.3, 0.4) is 0 Å². The number of ether oxygens (including phenoxy) is 2. The molecular weight excluding hydrogens is 256 g/mol. The highest BCUT2D eigenvalue weighted by atomic mass is 16.5. The molecule has 0 fully saturated rings. The van der Waals surface area contributed by atoms with Gasteiger partial charge in [-0.25, -0.2) is 0 Å². The first kappa shape index (κ1) is 14.1. The van der Waals surface area contributed by atoms with E-state index in [0.717, 1.165) is 17.0 Å². The van der Waals surface area contributed by atoms with E-state index in [1.807, 2.05) is 25.1 Å². The Bertz CT molecular complexity index is 575. The minimum atomic E-state index is 0.411. The van der Waals surface area contributed by atoms with Crippen LogP contribution in [0.5, 0.6) is 11.6 Å². The molecule has 0 spiro atoms. The van der Waals surface area contributed by atoms with Crippen molar-refractivity contribution >= 4 is 11.5 Å². The molecule has 1 aromatic carbocycles. The Morgan fingerprint density at radius 3 is 2.85 bits per heavy atom. The summed E-state index contributed by atoms with van der Waals surface area (Å²) in [4.78, 5) is 8.28. The predicted molar refractivity (Wildman–Crippen MR) is 77.4 cm³/mol. The number of nitrogens with zero attached hydrogens (tertiary/aromatic N) is 2. The van der Waals surface area contributed by atoms with Gasteiger partial charge in [-0.2, -0.15) is 4.98 Å². The molecule has 0 aliphatic rings. The van der Waals surface area contributed by atoms with Crippen LogP contribution in [-0.4, -0.2) is 23.7 Å². The highest BCUT2D eigenvalue weighted by Gasteiger charge is 2.05. The van der Waals surface area contributed by atoms with E-state index >= 15 is 0 Å². The van der Waals surface area contributed by atoms with E-state index in [-0.39, 0.29) is 0 Å². The summed E-state index contributed by atoms with van der Waals surface area (Å²) < 4.78 is 10.5. The van der Waals surface area contributed by atoms with Crippen LogP contribution in [0.15, 0.2) is 30.6 Å². The lowest BCUT2D eigenvalue weighted by molar-refractivity contribution is 0.336. The number of benzene rings is 1. The van der Waals surface area contributed by atoms with E-state index in [1.165, 1.54) is 0 Å². The Morgan fingerprint density at radius 2 is 2.15 bits per heavy atom. The fourth-order valence-electron chi connectivity index (χ4n) is 1.77. The first-order valence-corrected chi connectivity index (χ1v) is 6.35. The van der Waals surface area contributed by atoms with E-state index < -0.39 is 0 Å². The zero-order chi connectivity index (χ0) is 14.4. The normalized spacial score (nSPS) is 10.2. The Morgan fingerprint density at radius 1 is 1.30 bits per heavy atom. The van der Waals surface area contributed by atoms with Crippen molar-refractivity contribution in [2.45, 2.75) is 13.5 Å². The third-order valence-electron chi connectivity index (χ3n) is 2.67. The molecule has 0 saturated heterocycles. The molecule has 106 valence electrons. The summed E-state index contributed by atoms with van der Waals surface area (Å²) in [5, 5.41) is 3.16. The third-order valence-corrected chi connectivity index (χ3v) is 2.67. The van der Waals surface area contributed by atoms with Gasteiger partial charge in [0.15, 0.2) is 5.82 Å². The molecule has 1 heterocycles. The van der Waals surface area contributed by atoms with Crippen molar-refractivity contribution < 1.29 is 9.47 Å². The molecule has 0 amide bonds. The van der Waals surface area contributed by atoms with Gasteiger partial charge in [-0.1, -0.05) is 0 Å². The van der Waals surface area contributed by atoms with Crippen LogP contribution in [0, 0.1) is 0 Å². The molecule has 0 bridgehead atoms. The first-order valence-electron chi connectivity index (χ1n) is 6.35. The average Bonchev–Trinajstić information content (AvgIpc) is 2.49. The van der Waals surface area contributed by atoms with Gasteiger partial charge in [0.05, 0.1) is 26.1 Å². The molecule has 0 radical (unpaired) electrons. The highest BCUT2D eigenvalue weighted by molar-refractivity contribution is 5.59. The molecule has 2 rings (SSSR count). The molecule has 1 aromatic heterocycles. The fourth-order valence-corrected chi connectivity index (χ4v) is 1.77. The lowest BCUT2D eigenvalue weighted by atomic mass is 10.1. The van der Waals surface area contributed by atoms with Crippen LogP contribution in [0.1, 0.15) is 12.5 Å². The molecule has 0 atom stereocenters. The molecule has 2 aromatic rings. The van der Waals surface area contributed by atoms with E-state index in [2.05, 4.69) is 15.3 Å². The number of aromatic nitrogens is 2. The third kappa shape index (κ3) is 3.36. The average molecular weight is 274 g/mol. The Kier molecular flexibility index (Phi) is 4.73. The second-order valence-electron chi connectivity index (χ2n) is 4.03. The van der Waals surface area contributed by atoms with Crippen molar-refractivity contribution in [1.82, 2.24) is 9.97 Å². The zero-order valence-corrected chi connectivity index (χ0v) is 11.6. The van der Waals surface area contributed by atoms with E-state index in [4.69, 9.17) is 15.2 Å². The number of rotatable bonds is 6. The largest absolute Gasteiger partial charge is 0.494 e. The molecule has 6 nitrogen and oxygen atoms in total. The molecule has 0 aliphatic heterocycles. The molecule has 3 N–H and O–H groups in total. The topological polar surface area (TPSA) is 82.3 Å². The van der Waals surface area contributed by atoms with Gasteiger partial charge in [-0.05, 0) is 25.1 Å². The van der Waals surface area contributed by atoms with Crippen molar-refractivity contribution in [2.75, 3.05) is 19.0 Å². The van der Waals surface area contributed by atoms with E-state index in [0.29, 0.717) is 24.8 Å². The van der Waals surface area contributed by atoms with Crippen LogP contribution in [0.25, 0.3) is 0 Å². The van der Waals surface area contributed by atoms with Gasteiger partial charge >= 0.3 is 0 Å². The summed E-state index contributed by atoms with van der Waals surface area (Å²) in [6.07, 6.45) is 3.18. The van der Waals surface area contributed by atoms with Gasteiger partial charge in [0.1, 0.15) is 5.75 Å². The Hall–Kier alpha value is -2.34. The smallest absolute Gasteiger partial charge is 0.233 e. The van der Waals surface area contributed by atoms with Crippen LogP contribution in [-0.2, 0) is 6.54 Å². The van der Waals surface area contributed by atoms with Gasteiger partial charge in [0, 0.05) is 17.8 Å². The summed E-state index contributed by atoms with van der Waals surface area (Å²) in [6.45, 7) is 2.97. The Labute approximate surface area is 118 Å². The van der Waals surface area contributed by atoms with E-state index in [1.54, 1.807) is 19.5 Å². The summed E-state index contributed by atoms with van der Waals surface area (Å²) in [5.41, 5.74) is 7.54. The second-order valence-corrected chi connectivity index (χ2v) is 4.03. The van der Waals surface area contributed by atoms with Crippen molar-refractivity contribution in [1.29, 1.82) is 0 Å². The maximum absolute atomic E-state index is 5.73. The van der Waals surface area contributed by atoms with Crippen LogP contribution in [0.4, 0.5) is 11.5 Å². The van der Waals surface area contributed by atoms with Crippen LogP contribution < -0.4 is 20.5 Å². The van der Waals surface area contributed by atoms with E-state index in [9.17, 15) is 0 Å². The molecule has 20 heavy (non-hydrogen) atoms. The van der Waals surface area contributed by atoms with Gasteiger partial charge in [0.25, 0.3) is 0 Å². The van der Waals surface area contributed by atoms with Crippen LogP contribution in [0.2, 0.25) is 0 Å². The minimum absolute atomic E-state index is 0.411. The maximum Gasteiger partial charge on any atom is 0.233 e. The van der Waals surface area contributed by atoms with Crippen molar-refractivity contribution in [3.8, 4) is 11.6 Å². The number of hydrogen-bond acceptors (Lipinski definition) is 6. The quantitative estimate of drug-likeness (QED) is 0.839. The number of hydrogen-bond donors (Lipinski definition) is 2. The minimum Gasteiger partial charge on any atom is -0.494 e. The van der Waals surface area contributed by atoms with Crippen molar-refractivity contribution in [3.63, 3.8) is 0 Å². The standard InChI is InChI=1S/C14H18N4O2/c1-3-20-12-5-4-11(6-10(12)7-15)17-13-8-16-9-14(18-13)19-2/h4-6,8-9H,3,7,15H2,1-2H3,(H,17,18). The number of nitrogens with two attached hydrogens (primary N) is 1. The van der Waals surface area contributed by atoms with Gasteiger partial charge in [-0.3, -0.25) is 4.98 Å².